The predicted octanol–water partition coefficient (Wildman–Crippen LogP) is 4.66. The molecule has 0 saturated heterocycles. The molecule has 0 aromatic heterocycles. The highest BCUT2D eigenvalue weighted by atomic mass is 79.9. The third-order valence-corrected chi connectivity index (χ3v) is 4.32. The molecule has 0 bridgehead atoms. The molecule has 2 aromatic rings. The number of halogens is 1. The van der Waals surface area contributed by atoms with Crippen molar-refractivity contribution in [1.82, 2.24) is 0 Å². The molecule has 2 nitrogen and oxygen atoms in total. The highest BCUT2D eigenvalue weighted by Crippen LogP contribution is 2.38. The molecule has 2 rings (SSSR count). The largest absolute Gasteiger partial charge is 0.496 e. The van der Waals surface area contributed by atoms with Gasteiger partial charge in [-0.1, -0.05) is 33.8 Å². The van der Waals surface area contributed by atoms with E-state index in [2.05, 4.69) is 15.9 Å². The summed E-state index contributed by atoms with van der Waals surface area (Å²) in [6.07, 6.45) is -0.561. The predicted molar refractivity (Wildman–Crippen MR) is 81.9 cm³/mol. The van der Waals surface area contributed by atoms with E-state index in [1.54, 1.807) is 25.8 Å². The van der Waals surface area contributed by atoms with Gasteiger partial charge < -0.3 is 9.84 Å². The molecule has 0 aliphatic carbocycles. The first-order chi connectivity index (χ1) is 9.11. The van der Waals surface area contributed by atoms with Crippen LogP contribution in [-0.4, -0.2) is 12.2 Å². The van der Waals surface area contributed by atoms with Gasteiger partial charge in [0.2, 0.25) is 0 Å². The van der Waals surface area contributed by atoms with E-state index in [1.807, 2.05) is 42.5 Å². The summed E-state index contributed by atoms with van der Waals surface area (Å²) in [6, 6.07) is 13.9. The molecular weight excluding hydrogens is 324 g/mol. The van der Waals surface area contributed by atoms with Crippen molar-refractivity contribution < 1.29 is 9.84 Å². The summed E-state index contributed by atoms with van der Waals surface area (Å²) < 4.78 is 6.38. The van der Waals surface area contributed by atoms with Crippen molar-refractivity contribution in [3.8, 4) is 5.75 Å². The molecule has 19 heavy (non-hydrogen) atoms. The lowest BCUT2D eigenvalue weighted by Gasteiger charge is -2.15. The Morgan fingerprint density at radius 3 is 2.42 bits per heavy atom. The first-order valence-corrected chi connectivity index (χ1v) is 7.51. The van der Waals surface area contributed by atoms with Crippen LogP contribution in [0.2, 0.25) is 0 Å². The second-order valence-electron chi connectivity index (χ2n) is 4.10. The Hall–Kier alpha value is -0.970. The molecule has 0 aliphatic rings. The standard InChI is InChI=1S/C15H15BrO2S/c1-10(17)15-13(18-2)4-3-5-14(15)19-12-8-6-11(16)7-9-12/h3-10,17H,1-2H3. The first-order valence-electron chi connectivity index (χ1n) is 5.90. The Labute approximate surface area is 125 Å². The number of benzene rings is 2. The average Bonchev–Trinajstić information content (AvgIpc) is 2.40. The second-order valence-corrected chi connectivity index (χ2v) is 6.14. The minimum atomic E-state index is -0.561. The number of aliphatic hydroxyl groups excluding tert-OH is 1. The average molecular weight is 339 g/mol. The van der Waals surface area contributed by atoms with Crippen LogP contribution in [0.1, 0.15) is 18.6 Å². The summed E-state index contributed by atoms with van der Waals surface area (Å²) in [4.78, 5) is 2.13. The fourth-order valence-electron chi connectivity index (χ4n) is 1.83. The Kier molecular flexibility index (Phi) is 4.91. The van der Waals surface area contributed by atoms with Gasteiger partial charge in [0, 0.05) is 19.8 Å². The minimum Gasteiger partial charge on any atom is -0.496 e. The highest BCUT2D eigenvalue weighted by Gasteiger charge is 2.14. The van der Waals surface area contributed by atoms with Gasteiger partial charge in [0.25, 0.3) is 0 Å². The van der Waals surface area contributed by atoms with Gasteiger partial charge in [0.15, 0.2) is 0 Å². The minimum absolute atomic E-state index is 0.561. The molecule has 1 atom stereocenters. The van der Waals surface area contributed by atoms with E-state index in [0.29, 0.717) is 0 Å². The number of hydrogen-bond acceptors (Lipinski definition) is 3. The molecule has 4 heteroatoms. The van der Waals surface area contributed by atoms with Crippen molar-refractivity contribution in [2.24, 2.45) is 0 Å². The molecule has 0 saturated carbocycles. The van der Waals surface area contributed by atoms with Crippen molar-refractivity contribution in [2.45, 2.75) is 22.8 Å². The quantitative estimate of drug-likeness (QED) is 0.878. The Morgan fingerprint density at radius 2 is 1.84 bits per heavy atom. The zero-order chi connectivity index (χ0) is 13.8. The Bertz CT molecular complexity index is 553. The Balaban J connectivity index is 2.36. The summed E-state index contributed by atoms with van der Waals surface area (Å²) >= 11 is 5.04. The van der Waals surface area contributed by atoms with E-state index in [9.17, 15) is 5.11 Å². The van der Waals surface area contributed by atoms with E-state index >= 15 is 0 Å². The van der Waals surface area contributed by atoms with Crippen LogP contribution >= 0.6 is 27.7 Å². The number of ether oxygens (including phenoxy) is 1. The van der Waals surface area contributed by atoms with Gasteiger partial charge in [0.05, 0.1) is 13.2 Å². The molecule has 0 fully saturated rings. The maximum atomic E-state index is 9.94. The number of hydrogen-bond donors (Lipinski definition) is 1. The van der Waals surface area contributed by atoms with Gasteiger partial charge in [0.1, 0.15) is 5.75 Å². The fraction of sp³-hybridized carbons (Fsp3) is 0.200. The molecule has 1 unspecified atom stereocenters. The van der Waals surface area contributed by atoms with E-state index in [1.165, 1.54) is 0 Å². The summed E-state index contributed by atoms with van der Waals surface area (Å²) in [5, 5.41) is 9.94. The van der Waals surface area contributed by atoms with Crippen molar-refractivity contribution in [1.29, 1.82) is 0 Å². The van der Waals surface area contributed by atoms with Crippen LogP contribution in [0.25, 0.3) is 0 Å². The monoisotopic (exact) mass is 338 g/mol. The maximum Gasteiger partial charge on any atom is 0.125 e. The zero-order valence-electron chi connectivity index (χ0n) is 10.8. The van der Waals surface area contributed by atoms with Crippen LogP contribution in [-0.2, 0) is 0 Å². The molecule has 0 aliphatic heterocycles. The smallest absolute Gasteiger partial charge is 0.125 e. The van der Waals surface area contributed by atoms with E-state index < -0.39 is 6.10 Å². The third-order valence-electron chi connectivity index (χ3n) is 2.71. The number of methoxy groups -OCH3 is 1. The summed E-state index contributed by atoms with van der Waals surface area (Å²) in [5.74, 6) is 0.720. The lowest BCUT2D eigenvalue weighted by molar-refractivity contribution is 0.191. The molecule has 0 heterocycles. The maximum absolute atomic E-state index is 9.94. The van der Waals surface area contributed by atoms with Gasteiger partial charge in [-0.25, -0.2) is 0 Å². The van der Waals surface area contributed by atoms with Crippen LogP contribution in [0.3, 0.4) is 0 Å². The number of aliphatic hydroxyl groups is 1. The van der Waals surface area contributed by atoms with Gasteiger partial charge in [-0.2, -0.15) is 0 Å². The molecule has 1 N–H and O–H groups in total. The highest BCUT2D eigenvalue weighted by molar-refractivity contribution is 9.10. The van der Waals surface area contributed by atoms with E-state index in [-0.39, 0.29) is 0 Å². The van der Waals surface area contributed by atoms with Crippen LogP contribution in [0.15, 0.2) is 56.7 Å². The van der Waals surface area contributed by atoms with Crippen LogP contribution in [0.5, 0.6) is 5.75 Å². The third kappa shape index (κ3) is 3.53. The summed E-state index contributed by atoms with van der Waals surface area (Å²) in [6.45, 7) is 1.75. The second kappa shape index (κ2) is 6.46. The van der Waals surface area contributed by atoms with Gasteiger partial charge in [-0.3, -0.25) is 0 Å². The van der Waals surface area contributed by atoms with Crippen LogP contribution < -0.4 is 4.74 Å². The van der Waals surface area contributed by atoms with Crippen LogP contribution in [0.4, 0.5) is 0 Å². The number of rotatable bonds is 4. The molecule has 0 spiro atoms. The van der Waals surface area contributed by atoms with Gasteiger partial charge >= 0.3 is 0 Å². The lowest BCUT2D eigenvalue weighted by Crippen LogP contribution is -1.98. The molecule has 0 radical (unpaired) electrons. The Morgan fingerprint density at radius 1 is 1.16 bits per heavy atom. The SMILES string of the molecule is COc1cccc(Sc2ccc(Br)cc2)c1C(C)O. The molecular formula is C15H15BrO2S. The fourth-order valence-corrected chi connectivity index (χ4v) is 3.15. The lowest BCUT2D eigenvalue weighted by atomic mass is 10.1. The van der Waals surface area contributed by atoms with E-state index in [4.69, 9.17) is 4.74 Å². The van der Waals surface area contributed by atoms with Crippen molar-refractivity contribution in [2.75, 3.05) is 7.11 Å². The molecule has 2 aromatic carbocycles. The molecule has 100 valence electrons. The zero-order valence-corrected chi connectivity index (χ0v) is 13.2. The molecule has 0 amide bonds. The summed E-state index contributed by atoms with van der Waals surface area (Å²) in [7, 11) is 1.62. The normalized spacial score (nSPS) is 12.2. The van der Waals surface area contributed by atoms with Crippen molar-refractivity contribution in [3.05, 3.63) is 52.5 Å². The van der Waals surface area contributed by atoms with Crippen LogP contribution in [0, 0.1) is 0 Å². The van der Waals surface area contributed by atoms with Gasteiger partial charge in [-0.15, -0.1) is 0 Å². The van der Waals surface area contributed by atoms with E-state index in [0.717, 1.165) is 25.6 Å². The first kappa shape index (κ1) is 14.4. The van der Waals surface area contributed by atoms with Crippen molar-refractivity contribution in [3.63, 3.8) is 0 Å². The topological polar surface area (TPSA) is 29.5 Å². The van der Waals surface area contributed by atoms with Crippen molar-refractivity contribution >= 4 is 27.7 Å². The van der Waals surface area contributed by atoms with Gasteiger partial charge in [-0.05, 0) is 43.3 Å². The summed E-state index contributed by atoms with van der Waals surface area (Å²) in [5.41, 5.74) is 0.831.